The SMILES string of the molecule is C=NC(CCNC)=C(C)C. The van der Waals surface area contributed by atoms with Gasteiger partial charge in [-0.05, 0) is 27.6 Å². The predicted molar refractivity (Wildman–Crippen MR) is 46.5 cm³/mol. The molecular formula is C8H16N2. The molecule has 0 aromatic heterocycles. The first-order valence-corrected chi connectivity index (χ1v) is 3.50. The van der Waals surface area contributed by atoms with Gasteiger partial charge in [-0.25, -0.2) is 0 Å². The van der Waals surface area contributed by atoms with E-state index in [4.69, 9.17) is 0 Å². The van der Waals surface area contributed by atoms with Gasteiger partial charge in [-0.2, -0.15) is 0 Å². The highest BCUT2D eigenvalue weighted by Crippen LogP contribution is 2.07. The second-order valence-electron chi connectivity index (χ2n) is 2.46. The van der Waals surface area contributed by atoms with E-state index in [0.717, 1.165) is 18.7 Å². The normalized spacial score (nSPS) is 9.10. The van der Waals surface area contributed by atoms with Crippen LogP contribution in [0.2, 0.25) is 0 Å². The Kier molecular flexibility index (Phi) is 4.85. The molecule has 0 amide bonds. The summed E-state index contributed by atoms with van der Waals surface area (Å²) in [5.74, 6) is 0. The van der Waals surface area contributed by atoms with Crippen LogP contribution in [0.1, 0.15) is 20.3 Å². The average molecular weight is 140 g/mol. The summed E-state index contributed by atoms with van der Waals surface area (Å²) in [5.41, 5.74) is 2.36. The summed E-state index contributed by atoms with van der Waals surface area (Å²) in [6.07, 6.45) is 0.975. The van der Waals surface area contributed by atoms with Gasteiger partial charge in [0, 0.05) is 18.7 Å². The Balaban J connectivity index is 3.85. The van der Waals surface area contributed by atoms with Crippen LogP contribution in [0, 0.1) is 0 Å². The van der Waals surface area contributed by atoms with Crippen LogP contribution in [0.4, 0.5) is 0 Å². The highest BCUT2D eigenvalue weighted by atomic mass is 14.8. The van der Waals surface area contributed by atoms with Crippen LogP contribution in [0.5, 0.6) is 0 Å². The molecule has 0 radical (unpaired) electrons. The second kappa shape index (κ2) is 5.18. The molecule has 58 valence electrons. The average Bonchev–Trinajstić information content (AvgIpc) is 1.89. The third kappa shape index (κ3) is 3.41. The zero-order valence-electron chi connectivity index (χ0n) is 7.07. The maximum atomic E-state index is 3.91. The molecule has 0 rings (SSSR count). The fourth-order valence-electron chi connectivity index (χ4n) is 0.731. The zero-order chi connectivity index (χ0) is 7.98. The molecule has 2 nitrogen and oxygen atoms in total. The summed E-state index contributed by atoms with van der Waals surface area (Å²) in [6.45, 7) is 8.58. The minimum atomic E-state index is 0.972. The molecule has 0 aromatic rings. The van der Waals surface area contributed by atoms with Gasteiger partial charge < -0.3 is 5.32 Å². The maximum Gasteiger partial charge on any atom is 0.0395 e. The van der Waals surface area contributed by atoms with Crippen molar-refractivity contribution in [2.24, 2.45) is 4.99 Å². The fraction of sp³-hybridized carbons (Fsp3) is 0.625. The molecule has 0 bridgehead atoms. The van der Waals surface area contributed by atoms with Gasteiger partial charge >= 0.3 is 0 Å². The number of nitrogens with one attached hydrogen (secondary N) is 1. The molecular weight excluding hydrogens is 124 g/mol. The molecule has 0 unspecified atom stereocenters. The first-order chi connectivity index (χ1) is 4.72. The van der Waals surface area contributed by atoms with Crippen molar-refractivity contribution in [1.29, 1.82) is 0 Å². The number of rotatable bonds is 4. The van der Waals surface area contributed by atoms with Gasteiger partial charge in [0.1, 0.15) is 0 Å². The van der Waals surface area contributed by atoms with Crippen LogP contribution in [0.3, 0.4) is 0 Å². The number of aliphatic imine (C=N–C) groups is 1. The molecule has 0 aliphatic rings. The predicted octanol–water partition coefficient (Wildman–Crippen LogP) is 1.59. The Hall–Kier alpha value is -0.630. The molecule has 10 heavy (non-hydrogen) atoms. The highest BCUT2D eigenvalue weighted by Gasteiger charge is 1.93. The summed E-state index contributed by atoms with van der Waals surface area (Å²) < 4.78 is 0. The summed E-state index contributed by atoms with van der Waals surface area (Å²) in [5, 5.41) is 3.07. The van der Waals surface area contributed by atoms with Gasteiger partial charge in [0.15, 0.2) is 0 Å². The molecule has 0 aromatic carbocycles. The van der Waals surface area contributed by atoms with Crippen molar-refractivity contribution in [3.05, 3.63) is 11.3 Å². The minimum Gasteiger partial charge on any atom is -0.319 e. The first-order valence-electron chi connectivity index (χ1n) is 3.50. The van der Waals surface area contributed by atoms with Crippen molar-refractivity contribution >= 4 is 6.72 Å². The smallest absolute Gasteiger partial charge is 0.0395 e. The van der Waals surface area contributed by atoms with Crippen molar-refractivity contribution in [2.45, 2.75) is 20.3 Å². The van der Waals surface area contributed by atoms with E-state index < -0.39 is 0 Å². The summed E-state index contributed by atoms with van der Waals surface area (Å²) in [6, 6.07) is 0. The van der Waals surface area contributed by atoms with Crippen LogP contribution in [0.15, 0.2) is 16.3 Å². The van der Waals surface area contributed by atoms with E-state index in [-0.39, 0.29) is 0 Å². The molecule has 0 spiro atoms. The Bertz CT molecular complexity index is 132. The third-order valence-corrected chi connectivity index (χ3v) is 1.38. The van der Waals surface area contributed by atoms with Crippen molar-refractivity contribution < 1.29 is 0 Å². The van der Waals surface area contributed by atoms with E-state index in [1.165, 1.54) is 5.57 Å². The van der Waals surface area contributed by atoms with Crippen LogP contribution in [-0.2, 0) is 0 Å². The largest absolute Gasteiger partial charge is 0.319 e. The molecule has 0 atom stereocenters. The minimum absolute atomic E-state index is 0.972. The second-order valence-corrected chi connectivity index (χ2v) is 2.46. The zero-order valence-corrected chi connectivity index (χ0v) is 7.07. The van der Waals surface area contributed by atoms with E-state index in [9.17, 15) is 0 Å². The quantitative estimate of drug-likeness (QED) is 0.589. The fourth-order valence-corrected chi connectivity index (χ4v) is 0.731. The summed E-state index contributed by atoms with van der Waals surface area (Å²) in [7, 11) is 1.94. The van der Waals surface area contributed by atoms with Gasteiger partial charge in [-0.1, -0.05) is 5.57 Å². The van der Waals surface area contributed by atoms with Gasteiger partial charge in [0.05, 0.1) is 0 Å². The Morgan fingerprint density at radius 1 is 1.50 bits per heavy atom. The Morgan fingerprint density at radius 3 is 2.40 bits per heavy atom. The van der Waals surface area contributed by atoms with Gasteiger partial charge in [-0.15, -0.1) is 0 Å². The Labute approximate surface area is 63.0 Å². The number of hydrogen-bond donors (Lipinski definition) is 1. The van der Waals surface area contributed by atoms with E-state index in [1.54, 1.807) is 0 Å². The van der Waals surface area contributed by atoms with E-state index in [0.29, 0.717) is 0 Å². The standard InChI is InChI=1S/C8H16N2/c1-7(2)8(10-4)5-6-9-3/h9H,4-6H2,1-3H3. The van der Waals surface area contributed by atoms with Crippen molar-refractivity contribution in [1.82, 2.24) is 5.32 Å². The van der Waals surface area contributed by atoms with Gasteiger partial charge in [-0.3, -0.25) is 4.99 Å². The van der Waals surface area contributed by atoms with Crippen molar-refractivity contribution in [2.75, 3.05) is 13.6 Å². The van der Waals surface area contributed by atoms with Crippen LogP contribution < -0.4 is 5.32 Å². The molecule has 0 heterocycles. The lowest BCUT2D eigenvalue weighted by Gasteiger charge is -2.01. The van der Waals surface area contributed by atoms with Crippen LogP contribution in [0.25, 0.3) is 0 Å². The van der Waals surface area contributed by atoms with E-state index >= 15 is 0 Å². The molecule has 0 saturated carbocycles. The summed E-state index contributed by atoms with van der Waals surface area (Å²) in [4.78, 5) is 3.91. The van der Waals surface area contributed by atoms with Crippen molar-refractivity contribution in [3.8, 4) is 0 Å². The summed E-state index contributed by atoms with van der Waals surface area (Å²) >= 11 is 0. The highest BCUT2D eigenvalue weighted by molar-refractivity contribution is 5.30. The molecule has 2 heteroatoms. The van der Waals surface area contributed by atoms with Gasteiger partial charge in [0.25, 0.3) is 0 Å². The molecule has 1 N–H and O–H groups in total. The lowest BCUT2D eigenvalue weighted by Crippen LogP contribution is -2.08. The molecule has 0 fully saturated rings. The number of allylic oxidation sites excluding steroid dienone is 1. The van der Waals surface area contributed by atoms with E-state index in [2.05, 4.69) is 30.9 Å². The van der Waals surface area contributed by atoms with Crippen LogP contribution >= 0.6 is 0 Å². The maximum absolute atomic E-state index is 3.91. The van der Waals surface area contributed by atoms with Crippen molar-refractivity contribution in [3.63, 3.8) is 0 Å². The number of hydrogen-bond acceptors (Lipinski definition) is 2. The molecule has 0 aliphatic heterocycles. The Morgan fingerprint density at radius 2 is 2.10 bits per heavy atom. The van der Waals surface area contributed by atoms with E-state index in [1.807, 2.05) is 7.05 Å². The third-order valence-electron chi connectivity index (χ3n) is 1.38. The number of nitrogens with zero attached hydrogens (tertiary/aromatic N) is 1. The molecule has 0 aliphatic carbocycles. The first kappa shape index (κ1) is 9.37. The lowest BCUT2D eigenvalue weighted by atomic mass is 10.2. The molecule has 0 saturated heterocycles. The lowest BCUT2D eigenvalue weighted by molar-refractivity contribution is 0.775. The van der Waals surface area contributed by atoms with Gasteiger partial charge in [0.2, 0.25) is 0 Å². The monoisotopic (exact) mass is 140 g/mol. The van der Waals surface area contributed by atoms with Crippen LogP contribution in [-0.4, -0.2) is 20.3 Å². The topological polar surface area (TPSA) is 24.4 Å².